The maximum atomic E-state index is 12.3. The molecule has 0 fully saturated rings. The molecule has 0 heterocycles. The van der Waals surface area contributed by atoms with Crippen molar-refractivity contribution < 1.29 is 19.2 Å². The highest BCUT2D eigenvalue weighted by Crippen LogP contribution is 2.37. The highest BCUT2D eigenvalue weighted by molar-refractivity contribution is 6.32. The lowest BCUT2D eigenvalue weighted by atomic mass is 10.0. The summed E-state index contributed by atoms with van der Waals surface area (Å²) >= 11 is 6.38. The van der Waals surface area contributed by atoms with Crippen molar-refractivity contribution in [2.24, 2.45) is 0 Å². The van der Waals surface area contributed by atoms with Gasteiger partial charge >= 0.3 is 0 Å². The first kappa shape index (κ1) is 24.3. The van der Waals surface area contributed by atoms with Gasteiger partial charge in [0.15, 0.2) is 18.1 Å². The number of hydrogen-bond acceptors (Lipinski definition) is 6. The van der Waals surface area contributed by atoms with E-state index in [1.54, 1.807) is 24.3 Å². The predicted molar refractivity (Wildman–Crippen MR) is 130 cm³/mol. The summed E-state index contributed by atoms with van der Waals surface area (Å²) in [5.74, 6) is 0.107. The third-order valence-electron chi connectivity index (χ3n) is 4.72. The summed E-state index contributed by atoms with van der Waals surface area (Å²) in [5.41, 5.74) is 2.93. The summed E-state index contributed by atoms with van der Waals surface area (Å²) in [6, 6.07) is 18.3. The van der Waals surface area contributed by atoms with Gasteiger partial charge in [0, 0.05) is 17.8 Å². The fraction of sp³-hybridized carbons (Fsp3) is 0.120. The second-order valence-corrected chi connectivity index (χ2v) is 7.62. The fourth-order valence-electron chi connectivity index (χ4n) is 3.13. The molecule has 0 saturated heterocycles. The van der Waals surface area contributed by atoms with E-state index in [-0.39, 0.29) is 40.3 Å². The van der Waals surface area contributed by atoms with Crippen LogP contribution in [0.2, 0.25) is 5.02 Å². The maximum absolute atomic E-state index is 12.3. The molecule has 3 aromatic rings. The van der Waals surface area contributed by atoms with Crippen LogP contribution in [0.15, 0.2) is 60.7 Å². The summed E-state index contributed by atoms with van der Waals surface area (Å²) in [6.45, 7) is 1.64. The van der Waals surface area contributed by atoms with Gasteiger partial charge < -0.3 is 14.8 Å². The number of nitrogens with zero attached hydrogens (tertiary/aromatic N) is 2. The first-order valence-electron chi connectivity index (χ1n) is 10.0. The normalized spacial score (nSPS) is 10.8. The minimum absolute atomic E-state index is 0.0707. The van der Waals surface area contributed by atoms with E-state index in [1.807, 2.05) is 25.1 Å². The lowest BCUT2D eigenvalue weighted by Crippen LogP contribution is -2.20. The number of hydrogen-bond donors (Lipinski definition) is 1. The number of nitrogens with one attached hydrogen (secondary N) is 1. The number of nitriles is 1. The van der Waals surface area contributed by atoms with Crippen molar-refractivity contribution in [3.63, 3.8) is 0 Å². The van der Waals surface area contributed by atoms with Gasteiger partial charge in [0.2, 0.25) is 0 Å². The van der Waals surface area contributed by atoms with Crippen molar-refractivity contribution in [3.05, 3.63) is 92.5 Å². The molecule has 0 atom stereocenters. The molecule has 0 unspecified atom stereocenters. The Morgan fingerprint density at radius 3 is 2.56 bits per heavy atom. The van der Waals surface area contributed by atoms with E-state index in [4.69, 9.17) is 21.1 Å². The number of carbonyl (C=O) groups excluding carboxylic acids is 1. The van der Waals surface area contributed by atoms with Crippen molar-refractivity contribution in [2.45, 2.75) is 6.92 Å². The number of anilines is 1. The van der Waals surface area contributed by atoms with Crippen LogP contribution in [0.3, 0.4) is 0 Å². The Labute approximate surface area is 201 Å². The molecule has 0 aromatic heterocycles. The van der Waals surface area contributed by atoms with Crippen molar-refractivity contribution in [3.8, 4) is 17.6 Å². The Kier molecular flexibility index (Phi) is 7.85. The van der Waals surface area contributed by atoms with Crippen LogP contribution >= 0.6 is 11.6 Å². The average molecular weight is 478 g/mol. The quantitative estimate of drug-likeness (QED) is 0.194. The molecule has 172 valence electrons. The Hall–Kier alpha value is -4.35. The minimum Gasteiger partial charge on any atom is -0.493 e. The molecule has 0 saturated carbocycles. The molecule has 1 N–H and O–H groups in total. The molecular weight excluding hydrogens is 458 g/mol. The second-order valence-electron chi connectivity index (χ2n) is 7.21. The Balaban J connectivity index is 1.78. The molecule has 9 heteroatoms. The number of carbonyl (C=O) groups is 1. The largest absolute Gasteiger partial charge is 0.493 e. The molecule has 0 aliphatic rings. The van der Waals surface area contributed by atoms with E-state index in [2.05, 4.69) is 11.4 Å². The molecule has 34 heavy (non-hydrogen) atoms. The third kappa shape index (κ3) is 6.12. The number of nitro groups is 1. The van der Waals surface area contributed by atoms with Gasteiger partial charge in [-0.2, -0.15) is 5.26 Å². The zero-order valence-corrected chi connectivity index (χ0v) is 19.1. The number of aryl methyl sites for hydroxylation is 1. The standard InChI is InChI=1S/C25H20ClN3O5/c1-16-4-3-5-20(10-16)28-24(30)15-34-25-22(26)12-17(13-23(25)33-2)11-19(14-27)18-6-8-21(9-7-18)29(31)32/h3-13H,15H2,1-2H3,(H,28,30)/b19-11+. The molecule has 3 aromatic carbocycles. The molecule has 8 nitrogen and oxygen atoms in total. The van der Waals surface area contributed by atoms with Crippen LogP contribution in [0.4, 0.5) is 11.4 Å². The van der Waals surface area contributed by atoms with E-state index < -0.39 is 4.92 Å². The molecular formula is C25H20ClN3O5. The van der Waals surface area contributed by atoms with E-state index in [0.29, 0.717) is 16.8 Å². The lowest BCUT2D eigenvalue weighted by molar-refractivity contribution is -0.384. The third-order valence-corrected chi connectivity index (χ3v) is 5.00. The summed E-state index contributed by atoms with van der Waals surface area (Å²) in [5, 5.41) is 23.3. The SMILES string of the molecule is COc1cc(/C=C(\C#N)c2ccc([N+](=O)[O-])cc2)cc(Cl)c1OCC(=O)Nc1cccc(C)c1. The first-order valence-corrected chi connectivity index (χ1v) is 10.4. The maximum Gasteiger partial charge on any atom is 0.269 e. The summed E-state index contributed by atoms with van der Waals surface area (Å²) in [7, 11) is 1.43. The monoisotopic (exact) mass is 477 g/mol. The number of rotatable bonds is 8. The van der Waals surface area contributed by atoms with Gasteiger partial charge in [0.05, 0.1) is 28.7 Å². The number of halogens is 1. The highest BCUT2D eigenvalue weighted by Gasteiger charge is 2.15. The fourth-order valence-corrected chi connectivity index (χ4v) is 3.40. The van der Waals surface area contributed by atoms with Crippen LogP contribution in [-0.2, 0) is 4.79 Å². The van der Waals surface area contributed by atoms with Crippen molar-refractivity contribution >= 4 is 40.5 Å². The number of methoxy groups -OCH3 is 1. The minimum atomic E-state index is -0.510. The zero-order valence-electron chi connectivity index (χ0n) is 18.4. The van der Waals surface area contributed by atoms with Gasteiger partial charge in [0.25, 0.3) is 11.6 Å². The van der Waals surface area contributed by atoms with E-state index >= 15 is 0 Å². The molecule has 3 rings (SSSR count). The van der Waals surface area contributed by atoms with Crippen molar-refractivity contribution in [2.75, 3.05) is 19.0 Å². The number of amides is 1. The highest BCUT2D eigenvalue weighted by atomic mass is 35.5. The topological polar surface area (TPSA) is 114 Å². The molecule has 0 bridgehead atoms. The van der Waals surface area contributed by atoms with Crippen molar-refractivity contribution in [1.29, 1.82) is 5.26 Å². The van der Waals surface area contributed by atoms with Gasteiger partial charge in [-0.1, -0.05) is 23.7 Å². The Morgan fingerprint density at radius 1 is 1.21 bits per heavy atom. The van der Waals surface area contributed by atoms with Crippen LogP contribution < -0.4 is 14.8 Å². The number of allylic oxidation sites excluding steroid dienone is 1. The Morgan fingerprint density at radius 2 is 1.94 bits per heavy atom. The number of nitro benzene ring substituents is 1. The lowest BCUT2D eigenvalue weighted by Gasteiger charge is -2.14. The van der Waals surface area contributed by atoms with Crippen LogP contribution in [0, 0.1) is 28.4 Å². The molecule has 0 aliphatic heterocycles. The van der Waals surface area contributed by atoms with Crippen LogP contribution in [0.1, 0.15) is 16.7 Å². The second kappa shape index (κ2) is 11.0. The van der Waals surface area contributed by atoms with Crippen LogP contribution in [0.5, 0.6) is 11.5 Å². The van der Waals surface area contributed by atoms with Gasteiger partial charge in [-0.15, -0.1) is 0 Å². The average Bonchev–Trinajstić information content (AvgIpc) is 2.81. The van der Waals surface area contributed by atoms with Gasteiger partial charge in [0.1, 0.15) is 0 Å². The van der Waals surface area contributed by atoms with Crippen molar-refractivity contribution in [1.82, 2.24) is 0 Å². The smallest absolute Gasteiger partial charge is 0.269 e. The van der Waals surface area contributed by atoms with E-state index in [9.17, 15) is 20.2 Å². The van der Waals surface area contributed by atoms with E-state index in [0.717, 1.165) is 5.56 Å². The summed E-state index contributed by atoms with van der Waals surface area (Å²) in [6.07, 6.45) is 1.57. The first-order chi connectivity index (χ1) is 16.3. The summed E-state index contributed by atoms with van der Waals surface area (Å²) in [4.78, 5) is 22.6. The number of ether oxygens (including phenoxy) is 2. The summed E-state index contributed by atoms with van der Waals surface area (Å²) < 4.78 is 11.0. The van der Waals surface area contributed by atoms with Gasteiger partial charge in [-0.3, -0.25) is 14.9 Å². The van der Waals surface area contributed by atoms with E-state index in [1.165, 1.54) is 31.4 Å². The van der Waals surface area contributed by atoms with Gasteiger partial charge in [-0.05, 0) is 66.1 Å². The molecule has 0 aliphatic carbocycles. The van der Waals surface area contributed by atoms with Crippen LogP contribution in [0.25, 0.3) is 11.6 Å². The van der Waals surface area contributed by atoms with Gasteiger partial charge in [-0.25, -0.2) is 0 Å². The predicted octanol–water partition coefficient (Wildman–Crippen LogP) is 5.65. The molecule has 0 radical (unpaired) electrons. The molecule has 1 amide bonds. The zero-order chi connectivity index (χ0) is 24.7. The molecule has 0 spiro atoms. The number of benzene rings is 3. The number of non-ortho nitro benzene ring substituents is 1. The Bertz CT molecular complexity index is 1300. The van der Waals surface area contributed by atoms with Crippen LogP contribution in [-0.4, -0.2) is 24.5 Å².